The van der Waals surface area contributed by atoms with Gasteiger partial charge in [0.2, 0.25) is 0 Å². The van der Waals surface area contributed by atoms with Crippen LogP contribution in [-0.4, -0.2) is 40.1 Å². The number of esters is 1. The summed E-state index contributed by atoms with van der Waals surface area (Å²) in [6, 6.07) is 0.208. The summed E-state index contributed by atoms with van der Waals surface area (Å²) in [6.07, 6.45) is 0.668. The topological polar surface area (TPSA) is 64.1 Å². The first kappa shape index (κ1) is 17.4. The van der Waals surface area contributed by atoms with E-state index in [4.69, 9.17) is 4.74 Å². The molecule has 7 heteroatoms. The lowest BCUT2D eigenvalue weighted by Gasteiger charge is -2.32. The molecular weight excluding hydrogens is 294 g/mol. The Morgan fingerprint density at radius 3 is 2.55 bits per heavy atom. The number of carbonyl (C=O) groups excluding carboxylic acids is 1. The first-order valence-electron chi connectivity index (χ1n) is 6.59. The van der Waals surface area contributed by atoms with Crippen molar-refractivity contribution >= 4 is 29.1 Å². The molecule has 0 amide bonds. The highest BCUT2D eigenvalue weighted by molar-refractivity contribution is 8.01. The van der Waals surface area contributed by atoms with Crippen molar-refractivity contribution in [3.05, 3.63) is 5.01 Å². The third-order valence-electron chi connectivity index (χ3n) is 2.75. The van der Waals surface area contributed by atoms with Gasteiger partial charge < -0.3 is 4.74 Å². The lowest BCUT2D eigenvalue weighted by molar-refractivity contribution is -0.148. The van der Waals surface area contributed by atoms with Crippen molar-refractivity contribution in [2.75, 3.05) is 7.11 Å². The Labute approximate surface area is 128 Å². The Balaban J connectivity index is 2.71. The quantitative estimate of drug-likeness (QED) is 0.616. The number of thioether (sulfide) groups is 1. The van der Waals surface area contributed by atoms with Crippen LogP contribution in [0.3, 0.4) is 0 Å². The van der Waals surface area contributed by atoms with E-state index in [2.05, 4.69) is 22.4 Å². The van der Waals surface area contributed by atoms with Crippen LogP contribution in [0.4, 0.5) is 0 Å². The summed E-state index contributed by atoms with van der Waals surface area (Å²) in [6.45, 7) is 9.96. The molecule has 2 atom stereocenters. The second kappa shape index (κ2) is 7.38. The average molecular weight is 317 g/mol. The summed E-state index contributed by atoms with van der Waals surface area (Å²) >= 11 is 3.22. The van der Waals surface area contributed by atoms with Gasteiger partial charge in [0, 0.05) is 11.3 Å². The molecule has 0 aliphatic carbocycles. The number of hydrogen-bond acceptors (Lipinski definition) is 7. The molecule has 0 bridgehead atoms. The minimum atomic E-state index is -0.685. The fraction of sp³-hybridized carbons (Fsp3) is 0.769. The van der Waals surface area contributed by atoms with Crippen LogP contribution in [0, 0.1) is 6.92 Å². The summed E-state index contributed by atoms with van der Waals surface area (Å²) in [5.41, 5.74) is -0.685. The highest BCUT2D eigenvalue weighted by Gasteiger charge is 2.36. The highest BCUT2D eigenvalue weighted by Crippen LogP contribution is 2.31. The normalized spacial score (nSPS) is 15.9. The van der Waals surface area contributed by atoms with E-state index in [0.29, 0.717) is 6.42 Å². The predicted octanol–water partition coefficient (Wildman–Crippen LogP) is 2.65. The lowest BCUT2D eigenvalue weighted by atomic mass is 9.95. The Morgan fingerprint density at radius 1 is 1.45 bits per heavy atom. The van der Waals surface area contributed by atoms with Gasteiger partial charge in [0.15, 0.2) is 4.34 Å². The molecule has 1 heterocycles. The fourth-order valence-electron chi connectivity index (χ4n) is 2.18. The molecule has 2 unspecified atom stereocenters. The minimum absolute atomic E-state index is 0.208. The average Bonchev–Trinajstić information content (AvgIpc) is 2.71. The molecule has 0 aromatic carbocycles. The van der Waals surface area contributed by atoms with Crippen LogP contribution < -0.4 is 5.32 Å². The maximum Gasteiger partial charge on any atom is 0.325 e. The Hall–Kier alpha value is -0.660. The first-order chi connectivity index (χ1) is 9.26. The molecule has 0 aliphatic heterocycles. The zero-order valence-corrected chi connectivity index (χ0v) is 14.5. The number of rotatable bonds is 7. The standard InChI is InChI=1S/C13H23N3O2S2/c1-8(2)14-13(5,11(17)18-6)7-9(3)19-12-16-15-10(4)20-12/h8-9,14H,7H2,1-6H3. The van der Waals surface area contributed by atoms with Gasteiger partial charge in [0.1, 0.15) is 10.5 Å². The molecule has 0 aliphatic rings. The second-order valence-electron chi connectivity index (χ2n) is 5.34. The van der Waals surface area contributed by atoms with E-state index in [-0.39, 0.29) is 17.3 Å². The molecule has 114 valence electrons. The molecular formula is C13H23N3O2S2. The SMILES string of the molecule is COC(=O)C(C)(CC(C)Sc1nnc(C)s1)NC(C)C. The zero-order valence-electron chi connectivity index (χ0n) is 12.9. The van der Waals surface area contributed by atoms with Crippen molar-refractivity contribution in [3.8, 4) is 0 Å². The molecule has 1 aromatic rings. The van der Waals surface area contributed by atoms with E-state index < -0.39 is 5.54 Å². The van der Waals surface area contributed by atoms with Crippen LogP contribution in [-0.2, 0) is 9.53 Å². The minimum Gasteiger partial charge on any atom is -0.468 e. The number of nitrogens with zero attached hydrogens (tertiary/aromatic N) is 2. The number of aryl methyl sites for hydroxylation is 1. The number of aromatic nitrogens is 2. The fourth-order valence-corrected chi connectivity index (χ4v) is 4.49. The van der Waals surface area contributed by atoms with Gasteiger partial charge in [-0.05, 0) is 34.1 Å². The van der Waals surface area contributed by atoms with Crippen LogP contribution >= 0.6 is 23.1 Å². The van der Waals surface area contributed by atoms with Crippen molar-refractivity contribution in [2.24, 2.45) is 0 Å². The molecule has 0 saturated carbocycles. The van der Waals surface area contributed by atoms with Crippen molar-refractivity contribution in [3.63, 3.8) is 0 Å². The van der Waals surface area contributed by atoms with Gasteiger partial charge in [-0.3, -0.25) is 10.1 Å². The van der Waals surface area contributed by atoms with Crippen LogP contribution in [0.25, 0.3) is 0 Å². The molecule has 5 nitrogen and oxygen atoms in total. The largest absolute Gasteiger partial charge is 0.468 e. The smallest absolute Gasteiger partial charge is 0.325 e. The third kappa shape index (κ3) is 5.03. The monoisotopic (exact) mass is 317 g/mol. The van der Waals surface area contributed by atoms with E-state index in [1.807, 2.05) is 27.7 Å². The molecule has 1 aromatic heterocycles. The number of nitrogens with one attached hydrogen (secondary N) is 1. The zero-order chi connectivity index (χ0) is 15.3. The van der Waals surface area contributed by atoms with Gasteiger partial charge in [-0.1, -0.05) is 30.0 Å². The molecule has 1 rings (SSSR count). The summed E-state index contributed by atoms with van der Waals surface area (Å²) < 4.78 is 5.87. The van der Waals surface area contributed by atoms with Crippen LogP contribution in [0.15, 0.2) is 4.34 Å². The molecule has 0 saturated heterocycles. The molecule has 0 fully saturated rings. The second-order valence-corrected chi connectivity index (χ2v) is 8.21. The highest BCUT2D eigenvalue weighted by atomic mass is 32.2. The number of hydrogen-bond donors (Lipinski definition) is 1. The molecule has 0 spiro atoms. The van der Waals surface area contributed by atoms with Gasteiger partial charge in [0.05, 0.1) is 7.11 Å². The predicted molar refractivity (Wildman–Crippen MR) is 83.3 cm³/mol. The van der Waals surface area contributed by atoms with Crippen molar-refractivity contribution in [2.45, 2.75) is 62.2 Å². The third-order valence-corrected chi connectivity index (χ3v) is 4.77. The van der Waals surface area contributed by atoms with E-state index in [1.165, 1.54) is 7.11 Å². The van der Waals surface area contributed by atoms with Crippen LogP contribution in [0.5, 0.6) is 0 Å². The summed E-state index contributed by atoms with van der Waals surface area (Å²) in [4.78, 5) is 12.0. The summed E-state index contributed by atoms with van der Waals surface area (Å²) in [5.74, 6) is -0.230. The molecule has 1 N–H and O–H groups in total. The first-order valence-corrected chi connectivity index (χ1v) is 8.29. The molecule has 20 heavy (non-hydrogen) atoms. The maximum atomic E-state index is 12.0. The van der Waals surface area contributed by atoms with Crippen LogP contribution in [0.1, 0.15) is 39.1 Å². The number of ether oxygens (including phenoxy) is 1. The van der Waals surface area contributed by atoms with Crippen molar-refractivity contribution in [1.29, 1.82) is 0 Å². The Kier molecular flexibility index (Phi) is 6.42. The lowest BCUT2D eigenvalue weighted by Crippen LogP contribution is -2.54. The number of methoxy groups -OCH3 is 1. The van der Waals surface area contributed by atoms with Gasteiger partial charge in [-0.15, -0.1) is 10.2 Å². The Bertz CT molecular complexity index is 451. The van der Waals surface area contributed by atoms with E-state index in [1.54, 1.807) is 23.1 Å². The summed E-state index contributed by atoms with van der Waals surface area (Å²) in [5, 5.41) is 12.6. The van der Waals surface area contributed by atoms with Gasteiger partial charge in [0.25, 0.3) is 0 Å². The van der Waals surface area contributed by atoms with E-state index >= 15 is 0 Å². The van der Waals surface area contributed by atoms with E-state index in [0.717, 1.165) is 9.35 Å². The molecule has 0 radical (unpaired) electrons. The van der Waals surface area contributed by atoms with E-state index in [9.17, 15) is 4.79 Å². The maximum absolute atomic E-state index is 12.0. The number of carbonyl (C=O) groups is 1. The van der Waals surface area contributed by atoms with Crippen molar-refractivity contribution in [1.82, 2.24) is 15.5 Å². The van der Waals surface area contributed by atoms with Gasteiger partial charge >= 0.3 is 5.97 Å². The van der Waals surface area contributed by atoms with Crippen molar-refractivity contribution < 1.29 is 9.53 Å². The summed E-state index contributed by atoms with van der Waals surface area (Å²) in [7, 11) is 1.43. The van der Waals surface area contributed by atoms with Gasteiger partial charge in [-0.25, -0.2) is 0 Å². The van der Waals surface area contributed by atoms with Gasteiger partial charge in [-0.2, -0.15) is 0 Å². The van der Waals surface area contributed by atoms with Crippen LogP contribution in [0.2, 0.25) is 0 Å². The Morgan fingerprint density at radius 2 is 2.10 bits per heavy atom.